The number of nitrogen functional groups attached to an aromatic ring is 1. The van der Waals surface area contributed by atoms with Crippen LogP contribution in [0.25, 0.3) is 0 Å². The Hall–Kier alpha value is -2.62. The van der Waals surface area contributed by atoms with Crippen molar-refractivity contribution < 1.29 is 4.79 Å². The lowest BCUT2D eigenvalue weighted by Gasteiger charge is -2.09. The predicted octanol–water partition coefficient (Wildman–Crippen LogP) is -1.23. The van der Waals surface area contributed by atoms with Gasteiger partial charge in [0, 0.05) is 0 Å². The molecule has 0 saturated carbocycles. The summed E-state index contributed by atoms with van der Waals surface area (Å²) in [5.74, 6) is 5.51. The number of nitrogens with two attached hydrogens (primary N) is 1. The van der Waals surface area contributed by atoms with Gasteiger partial charge >= 0.3 is 0 Å². The van der Waals surface area contributed by atoms with Crippen LogP contribution in [-0.2, 0) is 0 Å². The summed E-state index contributed by atoms with van der Waals surface area (Å²) in [4.78, 5) is 11.8. The Kier molecular flexibility index (Phi) is 3.38. The summed E-state index contributed by atoms with van der Waals surface area (Å²) in [6.07, 6.45) is 0. The van der Waals surface area contributed by atoms with E-state index >= 15 is 0 Å². The molecule has 0 aliphatic rings. The zero-order valence-electron chi connectivity index (χ0n) is 9.45. The molecule has 1 amide bonds. The number of amides is 1. The van der Waals surface area contributed by atoms with E-state index in [-0.39, 0.29) is 17.6 Å². The van der Waals surface area contributed by atoms with Crippen molar-refractivity contribution in [3.63, 3.8) is 0 Å². The molecule has 2 heterocycles. The number of aromatic nitrogens is 6. The standard InChI is InChI=1S/C8H11N9O/c1-4(7-14-16-17-15-7)10-8(18)5-2-3-6(11-9)13-12-5/h2-4H,9H2,1H3,(H,10,18)(H,11,13)(H,14,15,16,17). The van der Waals surface area contributed by atoms with Gasteiger partial charge in [-0.1, -0.05) is 5.21 Å². The van der Waals surface area contributed by atoms with Gasteiger partial charge in [-0.2, -0.15) is 5.21 Å². The lowest BCUT2D eigenvalue weighted by molar-refractivity contribution is 0.0932. The first-order chi connectivity index (χ1) is 8.70. The molecule has 0 fully saturated rings. The monoisotopic (exact) mass is 249 g/mol. The van der Waals surface area contributed by atoms with Gasteiger partial charge in [0.1, 0.15) is 0 Å². The Morgan fingerprint density at radius 3 is 2.78 bits per heavy atom. The van der Waals surface area contributed by atoms with Gasteiger partial charge in [-0.25, -0.2) is 5.84 Å². The number of hydrogen-bond donors (Lipinski definition) is 4. The topological polar surface area (TPSA) is 147 Å². The first kappa shape index (κ1) is 11.9. The van der Waals surface area contributed by atoms with Crippen LogP contribution in [0.5, 0.6) is 0 Å². The number of hydrogen-bond acceptors (Lipinski definition) is 8. The Labute approximate surface area is 101 Å². The van der Waals surface area contributed by atoms with Crippen LogP contribution in [0.1, 0.15) is 29.3 Å². The predicted molar refractivity (Wildman–Crippen MR) is 59.9 cm³/mol. The molecule has 0 radical (unpaired) electrons. The normalized spacial score (nSPS) is 11.9. The van der Waals surface area contributed by atoms with E-state index < -0.39 is 0 Å². The number of anilines is 1. The highest BCUT2D eigenvalue weighted by Crippen LogP contribution is 2.05. The van der Waals surface area contributed by atoms with E-state index in [9.17, 15) is 4.79 Å². The van der Waals surface area contributed by atoms with Crippen molar-refractivity contribution in [3.05, 3.63) is 23.7 Å². The summed E-state index contributed by atoms with van der Waals surface area (Å²) in [7, 11) is 0. The number of carbonyl (C=O) groups excluding carboxylic acids is 1. The number of carbonyl (C=O) groups is 1. The van der Waals surface area contributed by atoms with Crippen molar-refractivity contribution in [2.75, 3.05) is 5.43 Å². The van der Waals surface area contributed by atoms with Gasteiger partial charge in [-0.3, -0.25) is 4.79 Å². The molecule has 0 aliphatic carbocycles. The number of aromatic amines is 1. The largest absolute Gasteiger partial charge is 0.341 e. The molecule has 0 bridgehead atoms. The molecular formula is C8H11N9O. The molecule has 0 aliphatic heterocycles. The van der Waals surface area contributed by atoms with Gasteiger partial charge in [0.25, 0.3) is 5.91 Å². The van der Waals surface area contributed by atoms with Crippen LogP contribution in [0, 0.1) is 0 Å². The number of H-pyrrole nitrogens is 1. The third-order valence-corrected chi connectivity index (χ3v) is 2.14. The van der Waals surface area contributed by atoms with E-state index in [2.05, 4.69) is 41.6 Å². The Bertz CT molecular complexity index is 508. The first-order valence-corrected chi connectivity index (χ1v) is 5.05. The molecule has 2 rings (SSSR count). The van der Waals surface area contributed by atoms with Crippen LogP contribution >= 0.6 is 0 Å². The van der Waals surface area contributed by atoms with E-state index in [4.69, 9.17) is 5.84 Å². The minimum absolute atomic E-state index is 0.171. The van der Waals surface area contributed by atoms with E-state index in [1.807, 2.05) is 0 Å². The average Bonchev–Trinajstić information content (AvgIpc) is 2.92. The smallest absolute Gasteiger partial charge is 0.272 e. The van der Waals surface area contributed by atoms with Crippen molar-refractivity contribution in [1.82, 2.24) is 36.1 Å². The SMILES string of the molecule is CC(NC(=O)c1ccc(NN)nn1)c1nn[nH]n1. The molecule has 2 aromatic rings. The van der Waals surface area contributed by atoms with Gasteiger partial charge in [-0.15, -0.1) is 20.4 Å². The maximum absolute atomic E-state index is 11.8. The number of tetrazole rings is 1. The van der Waals surface area contributed by atoms with Crippen LogP contribution in [-0.4, -0.2) is 36.7 Å². The first-order valence-electron chi connectivity index (χ1n) is 5.05. The number of hydrazine groups is 1. The lowest BCUT2D eigenvalue weighted by Crippen LogP contribution is -2.28. The Morgan fingerprint density at radius 1 is 1.39 bits per heavy atom. The van der Waals surface area contributed by atoms with Gasteiger partial charge in [-0.05, 0) is 19.1 Å². The van der Waals surface area contributed by atoms with Crippen molar-refractivity contribution >= 4 is 11.7 Å². The van der Waals surface area contributed by atoms with Crippen LogP contribution in [0.15, 0.2) is 12.1 Å². The maximum atomic E-state index is 11.8. The molecule has 1 atom stereocenters. The quantitative estimate of drug-likeness (QED) is 0.388. The fourth-order valence-corrected chi connectivity index (χ4v) is 1.22. The average molecular weight is 249 g/mol. The Morgan fingerprint density at radius 2 is 2.22 bits per heavy atom. The van der Waals surface area contributed by atoms with Gasteiger partial charge in [0.05, 0.1) is 6.04 Å². The second kappa shape index (κ2) is 5.14. The molecule has 10 heteroatoms. The van der Waals surface area contributed by atoms with Crippen molar-refractivity contribution in [2.45, 2.75) is 13.0 Å². The third-order valence-electron chi connectivity index (χ3n) is 2.14. The minimum Gasteiger partial charge on any atom is -0.341 e. The number of nitrogens with one attached hydrogen (secondary N) is 3. The fourth-order valence-electron chi connectivity index (χ4n) is 1.22. The minimum atomic E-state index is -0.386. The van der Waals surface area contributed by atoms with E-state index in [0.717, 1.165) is 0 Å². The number of nitrogens with zero attached hydrogens (tertiary/aromatic N) is 5. The molecule has 94 valence electrons. The summed E-state index contributed by atoms with van der Waals surface area (Å²) in [6, 6.07) is 2.66. The molecule has 1 unspecified atom stereocenters. The molecule has 0 saturated heterocycles. The van der Waals surface area contributed by atoms with Crippen LogP contribution < -0.4 is 16.6 Å². The van der Waals surface area contributed by atoms with Gasteiger partial charge < -0.3 is 10.7 Å². The summed E-state index contributed by atoms with van der Waals surface area (Å²) >= 11 is 0. The molecule has 18 heavy (non-hydrogen) atoms. The third kappa shape index (κ3) is 2.55. The second-order valence-electron chi connectivity index (χ2n) is 3.41. The Balaban J connectivity index is 2.03. The molecule has 2 aromatic heterocycles. The summed E-state index contributed by atoms with van der Waals surface area (Å²) in [5, 5.41) is 23.3. The maximum Gasteiger partial charge on any atom is 0.272 e. The molecule has 0 aromatic carbocycles. The van der Waals surface area contributed by atoms with Crippen LogP contribution in [0.4, 0.5) is 5.82 Å². The molecule has 10 nitrogen and oxygen atoms in total. The number of rotatable bonds is 4. The molecular weight excluding hydrogens is 238 g/mol. The second-order valence-corrected chi connectivity index (χ2v) is 3.41. The van der Waals surface area contributed by atoms with E-state index in [0.29, 0.717) is 11.6 Å². The van der Waals surface area contributed by atoms with Crippen LogP contribution in [0.2, 0.25) is 0 Å². The van der Waals surface area contributed by atoms with Crippen molar-refractivity contribution in [2.24, 2.45) is 5.84 Å². The zero-order valence-corrected chi connectivity index (χ0v) is 9.45. The highest BCUT2D eigenvalue weighted by atomic mass is 16.2. The summed E-state index contributed by atoms with van der Waals surface area (Å²) < 4.78 is 0. The molecule has 5 N–H and O–H groups in total. The summed E-state index contributed by atoms with van der Waals surface area (Å²) in [6.45, 7) is 1.73. The summed E-state index contributed by atoms with van der Waals surface area (Å²) in [5.41, 5.74) is 2.49. The van der Waals surface area contributed by atoms with Crippen molar-refractivity contribution in [1.29, 1.82) is 0 Å². The fraction of sp³-hybridized carbons (Fsp3) is 0.250. The van der Waals surface area contributed by atoms with E-state index in [1.165, 1.54) is 6.07 Å². The van der Waals surface area contributed by atoms with Gasteiger partial charge in [0.15, 0.2) is 17.3 Å². The zero-order chi connectivity index (χ0) is 13.0. The highest BCUT2D eigenvalue weighted by Gasteiger charge is 2.15. The van der Waals surface area contributed by atoms with Gasteiger partial charge in [0.2, 0.25) is 0 Å². The lowest BCUT2D eigenvalue weighted by atomic mass is 10.3. The van der Waals surface area contributed by atoms with E-state index in [1.54, 1.807) is 13.0 Å². The van der Waals surface area contributed by atoms with Crippen LogP contribution in [0.3, 0.4) is 0 Å². The highest BCUT2D eigenvalue weighted by molar-refractivity contribution is 5.92. The van der Waals surface area contributed by atoms with Crippen molar-refractivity contribution in [3.8, 4) is 0 Å². The molecule has 0 spiro atoms.